The first kappa shape index (κ1) is 31.1. The van der Waals surface area contributed by atoms with E-state index in [2.05, 4.69) is 216 Å². The first-order valence-electron chi connectivity index (χ1n) is 18.0. The lowest BCUT2D eigenvalue weighted by molar-refractivity contribution is 1.30. The van der Waals surface area contributed by atoms with E-state index in [1.807, 2.05) is 11.3 Å². The summed E-state index contributed by atoms with van der Waals surface area (Å²) in [7, 11) is 0. The molecule has 0 fully saturated rings. The Morgan fingerprint density at radius 3 is 1.49 bits per heavy atom. The molecule has 2 nitrogen and oxygen atoms in total. The molecule has 0 radical (unpaired) electrons. The zero-order valence-electron chi connectivity index (χ0n) is 28.9. The van der Waals surface area contributed by atoms with Crippen LogP contribution in [0.2, 0.25) is 0 Å². The van der Waals surface area contributed by atoms with Crippen LogP contribution in [-0.2, 0) is 0 Å². The summed E-state index contributed by atoms with van der Waals surface area (Å²) >= 11 is 1.83. The summed E-state index contributed by atoms with van der Waals surface area (Å²) in [5, 5.41) is 11.1. The highest BCUT2D eigenvalue weighted by molar-refractivity contribution is 7.19. The number of thiophene rings is 1. The van der Waals surface area contributed by atoms with Crippen molar-refractivity contribution in [2.45, 2.75) is 0 Å². The molecule has 10 rings (SSSR count). The lowest BCUT2D eigenvalue weighted by Gasteiger charge is -2.27. The van der Waals surface area contributed by atoms with Gasteiger partial charge in [0, 0.05) is 32.7 Å². The number of hydrogen-bond donors (Lipinski definition) is 0. The molecule has 9 aromatic carbocycles. The van der Waals surface area contributed by atoms with Crippen molar-refractivity contribution in [2.75, 3.05) is 9.80 Å². The highest BCUT2D eigenvalue weighted by Gasteiger charge is 2.19. The summed E-state index contributed by atoms with van der Waals surface area (Å²) in [5.41, 5.74) is 6.99. The Morgan fingerprint density at radius 1 is 0.302 bits per heavy atom. The highest BCUT2D eigenvalue weighted by atomic mass is 32.1. The van der Waals surface area contributed by atoms with Crippen molar-refractivity contribution in [1.29, 1.82) is 0 Å². The molecule has 0 spiro atoms. The molecule has 0 bridgehead atoms. The van der Waals surface area contributed by atoms with Crippen LogP contribution in [0.15, 0.2) is 206 Å². The molecule has 0 N–H and O–H groups in total. The molecule has 53 heavy (non-hydrogen) atoms. The van der Waals surface area contributed by atoms with Gasteiger partial charge in [0.2, 0.25) is 0 Å². The maximum Gasteiger partial charge on any atom is 0.101 e. The standard InChI is InChI=1S/C50H34N2S/c1-3-17-40(18-4-1)51(47-23-11-15-35-13-7-9-21-45(35)47)42-28-30-44-38(34-42)26-25-37-33-39(27-29-43(37)44)49-31-32-50(53-49)52(41-19-5-2-6-20-41)48-24-12-16-36-14-8-10-22-46(36)48/h1-34H. The van der Waals surface area contributed by atoms with Crippen molar-refractivity contribution < 1.29 is 0 Å². The van der Waals surface area contributed by atoms with Gasteiger partial charge < -0.3 is 9.80 Å². The van der Waals surface area contributed by atoms with Gasteiger partial charge in [0.05, 0.1) is 11.4 Å². The van der Waals surface area contributed by atoms with Crippen molar-refractivity contribution >= 4 is 87.9 Å². The van der Waals surface area contributed by atoms with Crippen molar-refractivity contribution in [1.82, 2.24) is 0 Å². The Kier molecular flexibility index (Phi) is 7.71. The molecule has 1 heterocycles. The largest absolute Gasteiger partial charge is 0.310 e. The number of rotatable bonds is 7. The molecule has 0 saturated heterocycles. The summed E-state index contributed by atoms with van der Waals surface area (Å²) in [6, 6.07) is 74.6. The third kappa shape index (κ3) is 5.59. The number of benzene rings is 9. The zero-order chi connectivity index (χ0) is 35.1. The Balaban J connectivity index is 1.04. The third-order valence-electron chi connectivity index (χ3n) is 10.2. The van der Waals surface area contributed by atoms with Gasteiger partial charge in [-0.25, -0.2) is 0 Å². The van der Waals surface area contributed by atoms with Gasteiger partial charge in [-0.05, 0) is 105 Å². The second-order valence-electron chi connectivity index (χ2n) is 13.4. The molecule has 250 valence electrons. The van der Waals surface area contributed by atoms with Crippen LogP contribution >= 0.6 is 11.3 Å². The maximum atomic E-state index is 2.39. The molecule has 1 aromatic heterocycles. The summed E-state index contributed by atoms with van der Waals surface area (Å²) in [6.07, 6.45) is 0. The minimum Gasteiger partial charge on any atom is -0.310 e. The molecular formula is C50H34N2S. The molecule has 0 aliphatic heterocycles. The Bertz CT molecular complexity index is 2900. The smallest absolute Gasteiger partial charge is 0.101 e. The van der Waals surface area contributed by atoms with Gasteiger partial charge in [-0.2, -0.15) is 0 Å². The number of para-hydroxylation sites is 2. The number of fused-ring (bicyclic) bond motifs is 5. The average molecular weight is 695 g/mol. The fourth-order valence-electron chi connectivity index (χ4n) is 7.73. The Morgan fingerprint density at radius 2 is 0.830 bits per heavy atom. The van der Waals surface area contributed by atoms with Gasteiger partial charge in [0.25, 0.3) is 0 Å². The molecular weight excluding hydrogens is 661 g/mol. The molecule has 0 aliphatic carbocycles. The number of nitrogens with zero attached hydrogens (tertiary/aromatic N) is 2. The Labute approximate surface area is 313 Å². The second kappa shape index (κ2) is 13.1. The maximum absolute atomic E-state index is 2.39. The monoisotopic (exact) mass is 694 g/mol. The quantitative estimate of drug-likeness (QED) is 0.153. The van der Waals surface area contributed by atoms with Gasteiger partial charge in [-0.15, -0.1) is 11.3 Å². The van der Waals surface area contributed by atoms with E-state index >= 15 is 0 Å². The van der Waals surface area contributed by atoms with Crippen LogP contribution in [0.3, 0.4) is 0 Å². The van der Waals surface area contributed by atoms with E-state index in [1.165, 1.54) is 69.9 Å². The molecule has 0 amide bonds. The zero-order valence-corrected chi connectivity index (χ0v) is 29.7. The van der Waals surface area contributed by atoms with E-state index in [0.717, 1.165) is 17.1 Å². The van der Waals surface area contributed by atoms with Crippen molar-refractivity contribution in [3.05, 3.63) is 206 Å². The second-order valence-corrected chi connectivity index (χ2v) is 14.4. The highest BCUT2D eigenvalue weighted by Crippen LogP contribution is 2.45. The van der Waals surface area contributed by atoms with E-state index in [-0.39, 0.29) is 0 Å². The van der Waals surface area contributed by atoms with Gasteiger partial charge >= 0.3 is 0 Å². The normalized spacial score (nSPS) is 11.4. The average Bonchev–Trinajstić information content (AvgIpc) is 3.71. The van der Waals surface area contributed by atoms with Crippen molar-refractivity contribution in [3.63, 3.8) is 0 Å². The topological polar surface area (TPSA) is 6.48 Å². The number of hydrogen-bond acceptors (Lipinski definition) is 3. The molecule has 0 atom stereocenters. The lowest BCUT2D eigenvalue weighted by Crippen LogP contribution is -2.10. The molecule has 0 saturated carbocycles. The Hall–Kier alpha value is -6.68. The fraction of sp³-hybridized carbons (Fsp3) is 0. The van der Waals surface area contributed by atoms with Gasteiger partial charge in [0.1, 0.15) is 5.00 Å². The van der Waals surface area contributed by atoms with E-state index in [0.29, 0.717) is 0 Å². The van der Waals surface area contributed by atoms with E-state index in [1.54, 1.807) is 0 Å². The minimum atomic E-state index is 1.13. The van der Waals surface area contributed by atoms with E-state index in [4.69, 9.17) is 0 Å². The predicted molar refractivity (Wildman–Crippen MR) is 229 cm³/mol. The molecule has 3 heteroatoms. The third-order valence-corrected chi connectivity index (χ3v) is 11.3. The SMILES string of the molecule is c1ccc(N(c2ccc3c(ccc4cc(-c5ccc(N(c6ccccc6)c6cccc7ccccc67)s5)ccc43)c2)c2cccc3ccccc23)cc1. The van der Waals surface area contributed by atoms with Crippen LogP contribution in [0.1, 0.15) is 0 Å². The molecule has 0 unspecified atom stereocenters. The van der Waals surface area contributed by atoms with Crippen molar-refractivity contribution in [2.24, 2.45) is 0 Å². The van der Waals surface area contributed by atoms with Crippen molar-refractivity contribution in [3.8, 4) is 10.4 Å². The summed E-state index contributed by atoms with van der Waals surface area (Å²) in [5.74, 6) is 0. The van der Waals surface area contributed by atoms with Gasteiger partial charge in [0.15, 0.2) is 0 Å². The number of anilines is 6. The minimum absolute atomic E-state index is 1.13. The first-order chi connectivity index (χ1) is 26.3. The van der Waals surface area contributed by atoms with Crippen LogP contribution in [0.4, 0.5) is 33.4 Å². The van der Waals surface area contributed by atoms with Crippen LogP contribution in [-0.4, -0.2) is 0 Å². The predicted octanol–water partition coefficient (Wildman–Crippen LogP) is 15.0. The van der Waals surface area contributed by atoms with E-state index < -0.39 is 0 Å². The summed E-state index contributed by atoms with van der Waals surface area (Å²) in [4.78, 5) is 6.01. The molecule has 10 aromatic rings. The van der Waals surface area contributed by atoms with Gasteiger partial charge in [-0.3, -0.25) is 0 Å². The van der Waals surface area contributed by atoms with E-state index in [9.17, 15) is 0 Å². The summed E-state index contributed by atoms with van der Waals surface area (Å²) in [6.45, 7) is 0. The first-order valence-corrected chi connectivity index (χ1v) is 18.8. The van der Waals surface area contributed by atoms with Crippen LogP contribution in [0.5, 0.6) is 0 Å². The summed E-state index contributed by atoms with van der Waals surface area (Å²) < 4.78 is 0. The molecule has 0 aliphatic rings. The fourth-order valence-corrected chi connectivity index (χ4v) is 8.76. The van der Waals surface area contributed by atoms with Crippen LogP contribution in [0.25, 0.3) is 53.5 Å². The van der Waals surface area contributed by atoms with Crippen LogP contribution in [0, 0.1) is 0 Å². The van der Waals surface area contributed by atoms with Gasteiger partial charge in [-0.1, -0.05) is 140 Å². The van der Waals surface area contributed by atoms with Crippen LogP contribution < -0.4 is 9.80 Å². The lowest BCUT2D eigenvalue weighted by atomic mass is 9.98.